The molecule has 6 nitrogen and oxygen atoms in total. The molecule has 0 aliphatic carbocycles. The Kier molecular flexibility index (Phi) is 7.24. The maximum atomic E-state index is 12.7. The fourth-order valence-electron chi connectivity index (χ4n) is 2.90. The second-order valence-corrected chi connectivity index (χ2v) is 7.64. The van der Waals surface area contributed by atoms with Crippen LogP contribution >= 0.6 is 34.8 Å². The molecule has 0 unspecified atom stereocenters. The summed E-state index contributed by atoms with van der Waals surface area (Å²) in [6.07, 6.45) is 1.40. The molecule has 3 rings (SSSR count). The van der Waals surface area contributed by atoms with Gasteiger partial charge in [0.15, 0.2) is 0 Å². The van der Waals surface area contributed by atoms with Crippen LogP contribution < -0.4 is 10.1 Å². The summed E-state index contributed by atoms with van der Waals surface area (Å²) in [5.41, 5.74) is 1.98. The van der Waals surface area contributed by atoms with Crippen LogP contribution in [0.15, 0.2) is 48.0 Å². The van der Waals surface area contributed by atoms with E-state index < -0.39 is 5.91 Å². The third kappa shape index (κ3) is 5.02. The monoisotopic (exact) mass is 474 g/mol. The third-order valence-electron chi connectivity index (χ3n) is 4.49. The van der Waals surface area contributed by atoms with Gasteiger partial charge in [-0.15, -0.1) is 0 Å². The van der Waals surface area contributed by atoms with Crippen LogP contribution in [0.1, 0.15) is 16.8 Å². The molecule has 0 spiro atoms. The summed E-state index contributed by atoms with van der Waals surface area (Å²) in [4.78, 5) is 12.7. The van der Waals surface area contributed by atoms with Crippen molar-refractivity contribution >= 4 is 52.5 Å². The van der Waals surface area contributed by atoms with E-state index >= 15 is 0 Å². The van der Waals surface area contributed by atoms with Gasteiger partial charge in [0.1, 0.15) is 22.5 Å². The molecule has 0 fully saturated rings. The standard InChI is InChI=1S/C22H17Cl3N4O2/c1-13-15(21(25)29(28-13)12-16-17(23)6-5-7-18(16)24)10-14(11-26)22(30)27-19-8-3-4-9-20(19)31-2/h3-10H,12H2,1-2H3,(H,27,30)/b14-10+. The Bertz CT molecular complexity index is 1190. The maximum absolute atomic E-state index is 12.7. The predicted molar refractivity (Wildman–Crippen MR) is 123 cm³/mol. The van der Waals surface area contributed by atoms with Gasteiger partial charge in [0, 0.05) is 21.2 Å². The van der Waals surface area contributed by atoms with E-state index in [1.165, 1.54) is 17.9 Å². The Balaban J connectivity index is 1.91. The first-order valence-corrected chi connectivity index (χ1v) is 10.2. The predicted octanol–water partition coefficient (Wildman–Crippen LogP) is 5.75. The van der Waals surface area contributed by atoms with Gasteiger partial charge in [0.2, 0.25) is 0 Å². The summed E-state index contributed by atoms with van der Waals surface area (Å²) in [5.74, 6) is -0.115. The van der Waals surface area contributed by atoms with Gasteiger partial charge in [-0.3, -0.25) is 4.79 Å². The van der Waals surface area contributed by atoms with Crippen LogP contribution in [-0.4, -0.2) is 22.8 Å². The van der Waals surface area contributed by atoms with E-state index in [1.54, 1.807) is 49.4 Å². The number of methoxy groups -OCH3 is 1. The first-order chi connectivity index (χ1) is 14.8. The number of nitriles is 1. The number of aryl methyl sites for hydroxylation is 1. The quantitative estimate of drug-likeness (QED) is 0.363. The Morgan fingerprint density at radius 2 is 1.87 bits per heavy atom. The molecule has 0 saturated heterocycles. The number of benzene rings is 2. The molecular formula is C22H17Cl3N4O2. The summed E-state index contributed by atoms with van der Waals surface area (Å²) >= 11 is 19.0. The SMILES string of the molecule is COc1ccccc1NC(=O)/C(C#N)=C/c1c(C)nn(Cc2c(Cl)cccc2Cl)c1Cl. The molecule has 0 bridgehead atoms. The maximum Gasteiger partial charge on any atom is 0.266 e. The molecule has 31 heavy (non-hydrogen) atoms. The summed E-state index contributed by atoms with van der Waals surface area (Å²) in [5, 5.41) is 17.9. The molecule has 3 aromatic rings. The van der Waals surface area contributed by atoms with Crippen molar-refractivity contribution in [1.29, 1.82) is 5.26 Å². The number of aromatic nitrogens is 2. The number of ether oxygens (including phenoxy) is 1. The summed E-state index contributed by atoms with van der Waals surface area (Å²) < 4.78 is 6.74. The number of anilines is 1. The number of carbonyl (C=O) groups excluding carboxylic acids is 1. The molecule has 0 radical (unpaired) electrons. The van der Waals surface area contributed by atoms with Gasteiger partial charge < -0.3 is 10.1 Å². The molecule has 2 aromatic carbocycles. The van der Waals surface area contributed by atoms with E-state index in [0.29, 0.717) is 38.3 Å². The number of rotatable bonds is 6. The van der Waals surface area contributed by atoms with E-state index in [4.69, 9.17) is 39.5 Å². The zero-order valence-corrected chi connectivity index (χ0v) is 18.9. The highest BCUT2D eigenvalue weighted by atomic mass is 35.5. The van der Waals surface area contributed by atoms with Crippen LogP contribution in [0.2, 0.25) is 15.2 Å². The van der Waals surface area contributed by atoms with Crippen molar-refractivity contribution in [2.24, 2.45) is 0 Å². The van der Waals surface area contributed by atoms with E-state index in [0.717, 1.165) is 0 Å². The van der Waals surface area contributed by atoms with Crippen molar-refractivity contribution in [3.8, 4) is 11.8 Å². The normalized spacial score (nSPS) is 11.2. The smallest absolute Gasteiger partial charge is 0.266 e. The fraction of sp³-hybridized carbons (Fsp3) is 0.136. The molecule has 0 aliphatic rings. The Labute approximate surface area is 194 Å². The van der Waals surface area contributed by atoms with Gasteiger partial charge in [-0.25, -0.2) is 4.68 Å². The van der Waals surface area contributed by atoms with E-state index in [1.807, 2.05) is 6.07 Å². The largest absolute Gasteiger partial charge is 0.495 e. The summed E-state index contributed by atoms with van der Waals surface area (Å²) in [6.45, 7) is 1.97. The van der Waals surface area contributed by atoms with Gasteiger partial charge >= 0.3 is 0 Å². The van der Waals surface area contributed by atoms with Crippen LogP contribution in [0.5, 0.6) is 5.75 Å². The van der Waals surface area contributed by atoms with E-state index in [-0.39, 0.29) is 17.3 Å². The molecular weight excluding hydrogens is 459 g/mol. The Morgan fingerprint density at radius 1 is 1.19 bits per heavy atom. The highest BCUT2D eigenvalue weighted by Gasteiger charge is 2.18. The number of para-hydroxylation sites is 2. The third-order valence-corrected chi connectivity index (χ3v) is 5.59. The molecule has 0 aliphatic heterocycles. The van der Waals surface area contributed by atoms with Gasteiger partial charge in [0.25, 0.3) is 5.91 Å². The van der Waals surface area contributed by atoms with Gasteiger partial charge in [0.05, 0.1) is 25.0 Å². The molecule has 1 aromatic heterocycles. The van der Waals surface area contributed by atoms with E-state index in [9.17, 15) is 10.1 Å². The second kappa shape index (κ2) is 9.88. The average Bonchev–Trinajstić information content (AvgIpc) is 3.01. The van der Waals surface area contributed by atoms with Crippen molar-refractivity contribution in [2.75, 3.05) is 12.4 Å². The van der Waals surface area contributed by atoms with Crippen LogP contribution in [-0.2, 0) is 11.3 Å². The first kappa shape index (κ1) is 22.7. The van der Waals surface area contributed by atoms with E-state index in [2.05, 4.69) is 10.4 Å². The second-order valence-electron chi connectivity index (χ2n) is 6.47. The van der Waals surface area contributed by atoms with Crippen LogP contribution in [0, 0.1) is 18.3 Å². The van der Waals surface area contributed by atoms with Gasteiger partial charge in [-0.2, -0.15) is 10.4 Å². The highest BCUT2D eigenvalue weighted by molar-refractivity contribution is 6.36. The number of hydrogen-bond donors (Lipinski definition) is 1. The van der Waals surface area contributed by atoms with Crippen molar-refractivity contribution in [3.63, 3.8) is 0 Å². The molecule has 0 saturated carbocycles. The molecule has 1 amide bonds. The van der Waals surface area contributed by atoms with Crippen LogP contribution in [0.25, 0.3) is 6.08 Å². The minimum Gasteiger partial charge on any atom is -0.495 e. The Morgan fingerprint density at radius 3 is 2.52 bits per heavy atom. The zero-order valence-electron chi connectivity index (χ0n) is 16.6. The number of carbonyl (C=O) groups is 1. The lowest BCUT2D eigenvalue weighted by Crippen LogP contribution is -2.14. The highest BCUT2D eigenvalue weighted by Crippen LogP contribution is 2.29. The minimum atomic E-state index is -0.593. The number of nitrogens with one attached hydrogen (secondary N) is 1. The molecule has 1 N–H and O–H groups in total. The number of hydrogen-bond acceptors (Lipinski definition) is 4. The van der Waals surface area contributed by atoms with Crippen LogP contribution in [0.4, 0.5) is 5.69 Å². The van der Waals surface area contributed by atoms with Gasteiger partial charge in [-0.1, -0.05) is 53.0 Å². The Hall–Kier alpha value is -2.98. The topological polar surface area (TPSA) is 79.9 Å². The zero-order chi connectivity index (χ0) is 22.5. The number of nitrogens with zero attached hydrogens (tertiary/aromatic N) is 3. The molecule has 9 heteroatoms. The lowest BCUT2D eigenvalue weighted by atomic mass is 10.1. The van der Waals surface area contributed by atoms with Crippen LogP contribution in [0.3, 0.4) is 0 Å². The first-order valence-electron chi connectivity index (χ1n) is 9.07. The molecule has 1 heterocycles. The van der Waals surface area contributed by atoms with Gasteiger partial charge in [-0.05, 0) is 37.3 Å². The summed E-state index contributed by atoms with van der Waals surface area (Å²) in [7, 11) is 1.49. The lowest BCUT2D eigenvalue weighted by Gasteiger charge is -2.09. The average molecular weight is 476 g/mol. The fourth-order valence-corrected chi connectivity index (χ4v) is 3.71. The minimum absolute atomic E-state index is 0.133. The number of halogens is 3. The molecule has 0 atom stereocenters. The van der Waals surface area contributed by atoms with Crippen molar-refractivity contribution in [3.05, 3.63) is 80.1 Å². The van der Waals surface area contributed by atoms with Crippen molar-refractivity contribution in [1.82, 2.24) is 9.78 Å². The van der Waals surface area contributed by atoms with Crippen molar-refractivity contribution < 1.29 is 9.53 Å². The summed E-state index contributed by atoms with van der Waals surface area (Å²) in [6, 6.07) is 14.0. The molecule has 158 valence electrons. The number of amides is 1. The van der Waals surface area contributed by atoms with Crippen molar-refractivity contribution in [2.45, 2.75) is 13.5 Å². The lowest BCUT2D eigenvalue weighted by molar-refractivity contribution is -0.112.